The first kappa shape index (κ1) is 13.9. The van der Waals surface area contributed by atoms with Gasteiger partial charge >= 0.3 is 0 Å². The maximum absolute atomic E-state index is 6.51. The Hall–Kier alpha value is -0.0800. The molecule has 0 heterocycles. The normalized spacial score (nSPS) is 42.6. The van der Waals surface area contributed by atoms with Crippen LogP contribution in [-0.4, -0.2) is 18.2 Å². The van der Waals surface area contributed by atoms with E-state index in [1.54, 1.807) is 0 Å². The molecule has 0 aromatic carbocycles. The fourth-order valence-electron chi connectivity index (χ4n) is 4.65. The molecular formula is C17H31NO. The van der Waals surface area contributed by atoms with Gasteiger partial charge in [-0.3, -0.25) is 0 Å². The molecule has 3 fully saturated rings. The Labute approximate surface area is 118 Å². The Morgan fingerprint density at radius 3 is 2.16 bits per heavy atom. The molecule has 3 aliphatic carbocycles. The molecule has 0 amide bonds. The van der Waals surface area contributed by atoms with Crippen LogP contribution in [0.1, 0.15) is 77.6 Å². The van der Waals surface area contributed by atoms with Gasteiger partial charge in [-0.2, -0.15) is 0 Å². The number of rotatable bonds is 2. The van der Waals surface area contributed by atoms with Gasteiger partial charge in [0.15, 0.2) is 0 Å². The molecule has 110 valence electrons. The highest BCUT2D eigenvalue weighted by atomic mass is 16.5. The zero-order valence-electron chi connectivity index (χ0n) is 12.6. The van der Waals surface area contributed by atoms with Crippen molar-refractivity contribution in [3.63, 3.8) is 0 Å². The Morgan fingerprint density at radius 2 is 1.58 bits per heavy atom. The van der Waals surface area contributed by atoms with Crippen molar-refractivity contribution in [1.29, 1.82) is 0 Å². The molecule has 0 aromatic heterocycles. The van der Waals surface area contributed by atoms with E-state index in [2.05, 4.69) is 6.92 Å². The van der Waals surface area contributed by atoms with Crippen LogP contribution in [0.5, 0.6) is 0 Å². The van der Waals surface area contributed by atoms with Gasteiger partial charge < -0.3 is 10.5 Å². The van der Waals surface area contributed by atoms with E-state index in [1.807, 2.05) is 0 Å². The minimum atomic E-state index is 0.361. The van der Waals surface area contributed by atoms with Gasteiger partial charge in [0.25, 0.3) is 0 Å². The van der Waals surface area contributed by atoms with Gasteiger partial charge in [0.05, 0.1) is 12.2 Å². The Bertz CT molecular complexity index is 288. The van der Waals surface area contributed by atoms with Gasteiger partial charge in [-0.05, 0) is 50.9 Å². The number of ether oxygens (including phenoxy) is 1. The van der Waals surface area contributed by atoms with Crippen LogP contribution < -0.4 is 5.73 Å². The SMILES string of the molecule is CC1CCC(OC2CC(N)C23CCCCCC3)CC1. The molecule has 0 radical (unpaired) electrons. The highest BCUT2D eigenvalue weighted by molar-refractivity contribution is 5.07. The summed E-state index contributed by atoms with van der Waals surface area (Å²) in [7, 11) is 0. The average Bonchev–Trinajstić information content (AvgIpc) is 2.68. The molecule has 3 aliphatic rings. The van der Waals surface area contributed by atoms with E-state index in [1.165, 1.54) is 64.2 Å². The monoisotopic (exact) mass is 265 g/mol. The van der Waals surface area contributed by atoms with E-state index >= 15 is 0 Å². The Morgan fingerprint density at radius 1 is 0.947 bits per heavy atom. The maximum atomic E-state index is 6.51. The molecule has 0 bridgehead atoms. The lowest BCUT2D eigenvalue weighted by molar-refractivity contribution is -0.168. The van der Waals surface area contributed by atoms with E-state index in [0.717, 1.165) is 12.3 Å². The summed E-state index contributed by atoms with van der Waals surface area (Å²) >= 11 is 0. The smallest absolute Gasteiger partial charge is 0.0664 e. The molecular weight excluding hydrogens is 234 g/mol. The largest absolute Gasteiger partial charge is 0.374 e. The third-order valence-electron chi connectivity index (χ3n) is 6.20. The predicted molar refractivity (Wildman–Crippen MR) is 79.0 cm³/mol. The summed E-state index contributed by atoms with van der Waals surface area (Å²) in [5.74, 6) is 0.912. The van der Waals surface area contributed by atoms with Gasteiger partial charge in [-0.25, -0.2) is 0 Å². The van der Waals surface area contributed by atoms with Gasteiger partial charge in [0.1, 0.15) is 0 Å². The van der Waals surface area contributed by atoms with E-state index in [-0.39, 0.29) is 0 Å². The maximum Gasteiger partial charge on any atom is 0.0664 e. The first-order valence-corrected chi connectivity index (χ1v) is 8.62. The van der Waals surface area contributed by atoms with E-state index < -0.39 is 0 Å². The molecule has 0 aliphatic heterocycles. The van der Waals surface area contributed by atoms with Crippen LogP contribution in [0.15, 0.2) is 0 Å². The lowest BCUT2D eigenvalue weighted by Gasteiger charge is -2.55. The molecule has 0 saturated heterocycles. The zero-order chi connectivity index (χ0) is 13.3. The van der Waals surface area contributed by atoms with Gasteiger partial charge in [-0.15, -0.1) is 0 Å². The van der Waals surface area contributed by atoms with Crippen LogP contribution in [0, 0.1) is 11.3 Å². The zero-order valence-corrected chi connectivity index (χ0v) is 12.6. The van der Waals surface area contributed by atoms with Gasteiger partial charge in [-0.1, -0.05) is 32.6 Å². The fraction of sp³-hybridized carbons (Fsp3) is 1.00. The summed E-state index contributed by atoms with van der Waals surface area (Å²) in [5.41, 5.74) is 6.76. The molecule has 19 heavy (non-hydrogen) atoms. The third-order valence-corrected chi connectivity index (χ3v) is 6.20. The second-order valence-corrected chi connectivity index (χ2v) is 7.50. The number of hydrogen-bond donors (Lipinski definition) is 1. The van der Waals surface area contributed by atoms with Crippen molar-refractivity contribution in [3.8, 4) is 0 Å². The topological polar surface area (TPSA) is 35.2 Å². The summed E-state index contributed by atoms with van der Waals surface area (Å²) < 4.78 is 6.51. The highest BCUT2D eigenvalue weighted by Gasteiger charge is 2.54. The lowest BCUT2D eigenvalue weighted by Crippen LogP contribution is -2.62. The molecule has 1 spiro atoms. The first-order chi connectivity index (χ1) is 9.21. The minimum Gasteiger partial charge on any atom is -0.374 e. The summed E-state index contributed by atoms with van der Waals surface area (Å²) in [5, 5.41) is 0. The van der Waals surface area contributed by atoms with E-state index in [0.29, 0.717) is 23.7 Å². The second kappa shape index (κ2) is 5.73. The van der Waals surface area contributed by atoms with Crippen LogP contribution in [0.2, 0.25) is 0 Å². The molecule has 3 rings (SSSR count). The number of nitrogens with two attached hydrogens (primary N) is 1. The van der Waals surface area contributed by atoms with Crippen molar-refractivity contribution in [3.05, 3.63) is 0 Å². The van der Waals surface area contributed by atoms with Crippen molar-refractivity contribution < 1.29 is 4.74 Å². The van der Waals surface area contributed by atoms with Crippen LogP contribution in [-0.2, 0) is 4.74 Å². The fourth-order valence-corrected chi connectivity index (χ4v) is 4.65. The minimum absolute atomic E-state index is 0.361. The molecule has 2 nitrogen and oxygen atoms in total. The molecule has 3 saturated carbocycles. The molecule has 2 heteroatoms. The van der Waals surface area contributed by atoms with E-state index in [9.17, 15) is 0 Å². The standard InChI is InChI=1S/C17H31NO/c1-13-6-8-14(9-7-13)19-16-12-15(18)17(16)10-4-2-3-5-11-17/h13-16H,2-12,18H2,1H3. The lowest BCUT2D eigenvalue weighted by atomic mass is 9.58. The van der Waals surface area contributed by atoms with Crippen LogP contribution in [0.3, 0.4) is 0 Å². The Balaban J connectivity index is 1.58. The van der Waals surface area contributed by atoms with Crippen molar-refractivity contribution in [2.75, 3.05) is 0 Å². The van der Waals surface area contributed by atoms with Crippen molar-refractivity contribution in [2.24, 2.45) is 17.1 Å². The molecule has 2 N–H and O–H groups in total. The molecule has 0 aromatic rings. The van der Waals surface area contributed by atoms with Gasteiger partial charge in [0, 0.05) is 11.5 Å². The Kier molecular flexibility index (Phi) is 4.19. The molecule has 2 unspecified atom stereocenters. The van der Waals surface area contributed by atoms with Crippen molar-refractivity contribution in [1.82, 2.24) is 0 Å². The number of hydrogen-bond acceptors (Lipinski definition) is 2. The van der Waals surface area contributed by atoms with Crippen LogP contribution in [0.25, 0.3) is 0 Å². The second-order valence-electron chi connectivity index (χ2n) is 7.50. The summed E-state index contributed by atoms with van der Waals surface area (Å²) in [4.78, 5) is 0. The van der Waals surface area contributed by atoms with Crippen LogP contribution in [0.4, 0.5) is 0 Å². The van der Waals surface area contributed by atoms with Crippen molar-refractivity contribution in [2.45, 2.75) is 95.8 Å². The van der Waals surface area contributed by atoms with Crippen molar-refractivity contribution >= 4 is 0 Å². The van der Waals surface area contributed by atoms with E-state index in [4.69, 9.17) is 10.5 Å². The van der Waals surface area contributed by atoms with Gasteiger partial charge in [0.2, 0.25) is 0 Å². The molecule has 2 atom stereocenters. The first-order valence-electron chi connectivity index (χ1n) is 8.62. The summed E-state index contributed by atoms with van der Waals surface area (Å²) in [6, 6.07) is 0.415. The summed E-state index contributed by atoms with van der Waals surface area (Å²) in [6.45, 7) is 2.38. The average molecular weight is 265 g/mol. The summed E-state index contributed by atoms with van der Waals surface area (Å²) in [6.07, 6.45) is 15.6. The van der Waals surface area contributed by atoms with Crippen LogP contribution >= 0.6 is 0 Å². The highest BCUT2D eigenvalue weighted by Crippen LogP contribution is 2.52. The quantitative estimate of drug-likeness (QED) is 0.818. The predicted octanol–water partition coefficient (Wildman–Crippen LogP) is 4.02. The third kappa shape index (κ3) is 2.71.